The van der Waals surface area contributed by atoms with Crippen molar-refractivity contribution in [3.8, 4) is 0 Å². The number of nitrogens with zero attached hydrogens (tertiary/aromatic N) is 5. The number of carbonyl (C=O) groups excluding carboxylic acids is 1. The lowest BCUT2D eigenvalue weighted by atomic mass is 9.94. The molecule has 3 heterocycles. The molecule has 0 bridgehead atoms. The van der Waals surface area contributed by atoms with Gasteiger partial charge in [-0.1, -0.05) is 37.3 Å². The number of piperidine rings is 1. The van der Waals surface area contributed by atoms with E-state index >= 15 is 0 Å². The molecule has 2 aliphatic heterocycles. The second-order valence-electron chi connectivity index (χ2n) is 7.79. The fourth-order valence-corrected chi connectivity index (χ4v) is 4.35. The van der Waals surface area contributed by atoms with E-state index in [2.05, 4.69) is 44.0 Å². The van der Waals surface area contributed by atoms with E-state index in [0.29, 0.717) is 5.92 Å². The molecule has 1 amide bonds. The van der Waals surface area contributed by atoms with Crippen molar-refractivity contribution in [2.75, 3.05) is 33.2 Å². The standard InChI is InChI=1S/C21H30N6O.2ClH/c1-3-25(2)19(16-7-5-4-6-8-16)21(28)26-12-9-17(10-13-26)20-24-23-18-15-22-11-14-27(18)20;;/h4-8,17,19,22H,3,9-15H2,1-2H3;2*1H. The van der Waals surface area contributed by atoms with Gasteiger partial charge in [-0.05, 0) is 32.0 Å². The van der Waals surface area contributed by atoms with Crippen LogP contribution in [0.5, 0.6) is 0 Å². The number of amides is 1. The van der Waals surface area contributed by atoms with Gasteiger partial charge in [0.05, 0.1) is 6.54 Å². The fraction of sp³-hybridized carbons (Fsp3) is 0.571. The SMILES string of the molecule is CCN(C)C(C(=O)N1CCC(c2nnc3n2CCNC3)CC1)c1ccccc1.Cl.Cl. The van der Waals surface area contributed by atoms with Crippen molar-refractivity contribution < 1.29 is 4.79 Å². The first-order chi connectivity index (χ1) is 13.7. The summed E-state index contributed by atoms with van der Waals surface area (Å²) in [5, 5.41) is 12.2. The van der Waals surface area contributed by atoms with Crippen molar-refractivity contribution in [1.82, 2.24) is 29.9 Å². The molecule has 30 heavy (non-hydrogen) atoms. The largest absolute Gasteiger partial charge is 0.341 e. The first kappa shape index (κ1) is 24.6. The van der Waals surface area contributed by atoms with Gasteiger partial charge < -0.3 is 14.8 Å². The molecule has 1 aromatic heterocycles. The Morgan fingerprint density at radius 1 is 1.17 bits per heavy atom. The summed E-state index contributed by atoms with van der Waals surface area (Å²) in [4.78, 5) is 17.5. The lowest BCUT2D eigenvalue weighted by Crippen LogP contribution is -2.45. The molecule has 2 aromatic rings. The van der Waals surface area contributed by atoms with E-state index in [0.717, 1.165) is 69.3 Å². The normalized spacial score (nSPS) is 17.6. The molecule has 0 saturated carbocycles. The summed E-state index contributed by atoms with van der Waals surface area (Å²) in [6.45, 7) is 7.20. The Labute approximate surface area is 191 Å². The van der Waals surface area contributed by atoms with Crippen LogP contribution in [0, 0.1) is 0 Å². The second kappa shape index (κ2) is 11.1. The zero-order valence-electron chi connectivity index (χ0n) is 17.7. The van der Waals surface area contributed by atoms with E-state index in [1.807, 2.05) is 30.1 Å². The summed E-state index contributed by atoms with van der Waals surface area (Å²) < 4.78 is 2.27. The molecule has 166 valence electrons. The summed E-state index contributed by atoms with van der Waals surface area (Å²) in [5.41, 5.74) is 1.07. The van der Waals surface area contributed by atoms with Crippen molar-refractivity contribution in [1.29, 1.82) is 0 Å². The lowest BCUT2D eigenvalue weighted by Gasteiger charge is -2.36. The van der Waals surface area contributed by atoms with Crippen molar-refractivity contribution in [3.63, 3.8) is 0 Å². The van der Waals surface area contributed by atoms with E-state index in [1.54, 1.807) is 0 Å². The quantitative estimate of drug-likeness (QED) is 0.751. The first-order valence-electron chi connectivity index (χ1n) is 10.4. The Kier molecular flexibility index (Phi) is 9.09. The Balaban J connectivity index is 0.00000160. The fourth-order valence-electron chi connectivity index (χ4n) is 4.35. The summed E-state index contributed by atoms with van der Waals surface area (Å²) in [6.07, 6.45) is 1.91. The Bertz CT molecular complexity index is 807. The molecular formula is C21H32Cl2N6O. The van der Waals surface area contributed by atoms with Gasteiger partial charge in [-0.3, -0.25) is 9.69 Å². The Hall–Kier alpha value is -1.67. The molecule has 2 aliphatic rings. The molecule has 7 nitrogen and oxygen atoms in total. The van der Waals surface area contributed by atoms with E-state index in [-0.39, 0.29) is 36.8 Å². The highest BCUT2D eigenvalue weighted by Gasteiger charge is 2.33. The van der Waals surface area contributed by atoms with Gasteiger partial charge in [0, 0.05) is 32.1 Å². The topological polar surface area (TPSA) is 66.3 Å². The molecule has 0 aliphatic carbocycles. The number of rotatable bonds is 5. The predicted octanol–water partition coefficient (Wildman–Crippen LogP) is 2.62. The van der Waals surface area contributed by atoms with Gasteiger partial charge in [0.1, 0.15) is 17.7 Å². The third kappa shape index (κ3) is 4.97. The third-order valence-electron chi connectivity index (χ3n) is 6.11. The highest BCUT2D eigenvalue weighted by molar-refractivity contribution is 5.85. The number of hydrogen-bond acceptors (Lipinski definition) is 5. The van der Waals surface area contributed by atoms with E-state index in [1.165, 1.54) is 0 Å². The van der Waals surface area contributed by atoms with Crippen molar-refractivity contribution in [2.24, 2.45) is 0 Å². The molecule has 4 rings (SSSR count). The average molecular weight is 455 g/mol. The number of aromatic nitrogens is 3. The van der Waals surface area contributed by atoms with Crippen LogP contribution in [0.15, 0.2) is 30.3 Å². The molecule has 1 N–H and O–H groups in total. The van der Waals surface area contributed by atoms with Gasteiger partial charge in [-0.25, -0.2) is 0 Å². The molecule has 1 saturated heterocycles. The molecular weight excluding hydrogens is 423 g/mol. The number of likely N-dealkylation sites (N-methyl/N-ethyl adjacent to an activating group) is 1. The van der Waals surface area contributed by atoms with Crippen LogP contribution in [0.25, 0.3) is 0 Å². The molecule has 1 aromatic carbocycles. The minimum absolute atomic E-state index is 0. The first-order valence-corrected chi connectivity index (χ1v) is 10.4. The van der Waals surface area contributed by atoms with Gasteiger partial charge in [0.15, 0.2) is 0 Å². The van der Waals surface area contributed by atoms with Crippen LogP contribution in [-0.4, -0.2) is 63.7 Å². The maximum Gasteiger partial charge on any atom is 0.244 e. The number of fused-ring (bicyclic) bond motifs is 1. The summed E-state index contributed by atoms with van der Waals surface area (Å²) in [7, 11) is 2.03. The Morgan fingerprint density at radius 2 is 1.87 bits per heavy atom. The lowest BCUT2D eigenvalue weighted by molar-refractivity contribution is -0.137. The van der Waals surface area contributed by atoms with Crippen LogP contribution in [0.2, 0.25) is 0 Å². The minimum atomic E-state index is -0.213. The van der Waals surface area contributed by atoms with E-state index in [9.17, 15) is 4.79 Å². The van der Waals surface area contributed by atoms with Crippen molar-refractivity contribution in [3.05, 3.63) is 47.5 Å². The average Bonchev–Trinajstić information content (AvgIpc) is 3.19. The van der Waals surface area contributed by atoms with Gasteiger partial charge in [-0.15, -0.1) is 35.0 Å². The zero-order valence-corrected chi connectivity index (χ0v) is 19.3. The highest BCUT2D eigenvalue weighted by atomic mass is 35.5. The van der Waals surface area contributed by atoms with Crippen molar-refractivity contribution in [2.45, 2.75) is 44.8 Å². The van der Waals surface area contributed by atoms with Crippen LogP contribution in [0.1, 0.15) is 48.9 Å². The zero-order chi connectivity index (χ0) is 19.5. The van der Waals surface area contributed by atoms with Crippen LogP contribution >= 0.6 is 24.8 Å². The highest BCUT2D eigenvalue weighted by Crippen LogP contribution is 2.30. The number of carbonyl (C=O) groups is 1. The molecule has 0 spiro atoms. The Morgan fingerprint density at radius 3 is 2.53 bits per heavy atom. The van der Waals surface area contributed by atoms with Crippen LogP contribution in [-0.2, 0) is 17.9 Å². The summed E-state index contributed by atoms with van der Waals surface area (Å²) in [6, 6.07) is 9.91. The van der Waals surface area contributed by atoms with Gasteiger partial charge in [0.2, 0.25) is 5.91 Å². The summed E-state index contributed by atoms with van der Waals surface area (Å²) in [5.74, 6) is 2.74. The molecule has 9 heteroatoms. The molecule has 1 atom stereocenters. The van der Waals surface area contributed by atoms with Crippen LogP contribution < -0.4 is 5.32 Å². The van der Waals surface area contributed by atoms with E-state index in [4.69, 9.17) is 0 Å². The maximum atomic E-state index is 13.4. The van der Waals surface area contributed by atoms with Gasteiger partial charge >= 0.3 is 0 Å². The van der Waals surface area contributed by atoms with Crippen molar-refractivity contribution >= 4 is 30.7 Å². The number of hydrogen-bond donors (Lipinski definition) is 1. The van der Waals surface area contributed by atoms with Gasteiger partial charge in [0.25, 0.3) is 0 Å². The molecule has 1 unspecified atom stereocenters. The van der Waals surface area contributed by atoms with Gasteiger partial charge in [-0.2, -0.15) is 0 Å². The third-order valence-corrected chi connectivity index (χ3v) is 6.11. The number of likely N-dealkylation sites (tertiary alicyclic amines) is 1. The monoisotopic (exact) mass is 454 g/mol. The molecule has 1 fully saturated rings. The van der Waals surface area contributed by atoms with E-state index < -0.39 is 0 Å². The second-order valence-corrected chi connectivity index (χ2v) is 7.79. The smallest absolute Gasteiger partial charge is 0.244 e. The number of benzene rings is 1. The summed E-state index contributed by atoms with van der Waals surface area (Å²) >= 11 is 0. The van der Waals surface area contributed by atoms with Crippen LogP contribution in [0.4, 0.5) is 0 Å². The number of nitrogens with one attached hydrogen (secondary N) is 1. The van der Waals surface area contributed by atoms with Crippen LogP contribution in [0.3, 0.4) is 0 Å². The minimum Gasteiger partial charge on any atom is -0.341 e. The maximum absolute atomic E-state index is 13.4. The predicted molar refractivity (Wildman–Crippen MR) is 122 cm³/mol. The number of halogens is 2. The molecule has 0 radical (unpaired) electrons.